The van der Waals surface area contributed by atoms with Gasteiger partial charge in [0.1, 0.15) is 11.9 Å². The van der Waals surface area contributed by atoms with Crippen LogP contribution in [0.15, 0.2) is 18.5 Å². The Morgan fingerprint density at radius 1 is 1.37 bits per heavy atom. The molecule has 1 unspecified atom stereocenters. The van der Waals surface area contributed by atoms with Crippen LogP contribution in [-0.2, 0) is 4.74 Å². The van der Waals surface area contributed by atoms with E-state index in [2.05, 4.69) is 4.98 Å². The van der Waals surface area contributed by atoms with Crippen LogP contribution in [-0.4, -0.2) is 40.5 Å². The summed E-state index contributed by atoms with van der Waals surface area (Å²) in [5.74, 6) is 0.590. The Bertz CT molecular complexity index is 450. The molecule has 1 saturated heterocycles. The number of aromatic nitrogens is 1. The van der Waals surface area contributed by atoms with E-state index >= 15 is 0 Å². The minimum absolute atomic E-state index is 0.0461. The predicted octanol–water partition coefficient (Wildman–Crippen LogP) is 0.242. The van der Waals surface area contributed by atoms with Crippen LogP contribution in [0, 0.1) is 0 Å². The lowest BCUT2D eigenvalue weighted by atomic mass is 9.74. The van der Waals surface area contributed by atoms with E-state index in [0.29, 0.717) is 11.2 Å². The van der Waals surface area contributed by atoms with Crippen molar-refractivity contribution in [3.05, 3.63) is 18.5 Å². The lowest BCUT2D eigenvalue weighted by Gasteiger charge is -2.46. The summed E-state index contributed by atoms with van der Waals surface area (Å²) in [6, 6.07) is 1.63. The highest BCUT2D eigenvalue weighted by Gasteiger charge is 2.43. The SMILES string of the molecule is OB(O)c1cncc(OC2CCOC3(CCC3)C2)c1. The Kier molecular flexibility index (Phi) is 3.47. The average molecular weight is 263 g/mol. The number of rotatable bonds is 3. The molecule has 1 aliphatic heterocycles. The van der Waals surface area contributed by atoms with Crippen LogP contribution in [0.25, 0.3) is 0 Å². The Morgan fingerprint density at radius 3 is 2.89 bits per heavy atom. The van der Waals surface area contributed by atoms with Gasteiger partial charge in [0.15, 0.2) is 0 Å². The molecule has 2 heterocycles. The largest absolute Gasteiger partial charge is 0.490 e. The summed E-state index contributed by atoms with van der Waals surface area (Å²) in [6.07, 6.45) is 8.43. The maximum atomic E-state index is 9.12. The van der Waals surface area contributed by atoms with Crippen LogP contribution in [0.1, 0.15) is 32.1 Å². The molecular formula is C13H18BNO4. The molecule has 6 heteroatoms. The molecule has 0 amide bonds. The van der Waals surface area contributed by atoms with Crippen LogP contribution >= 0.6 is 0 Å². The van der Waals surface area contributed by atoms with Crippen LogP contribution in [0.3, 0.4) is 0 Å². The van der Waals surface area contributed by atoms with Crippen LogP contribution in [0.2, 0.25) is 0 Å². The van der Waals surface area contributed by atoms with Gasteiger partial charge in [-0.15, -0.1) is 0 Å². The van der Waals surface area contributed by atoms with Crippen LogP contribution in [0.4, 0.5) is 0 Å². The molecule has 1 atom stereocenters. The number of ether oxygens (including phenoxy) is 2. The fourth-order valence-corrected chi connectivity index (χ4v) is 2.84. The summed E-state index contributed by atoms with van der Waals surface area (Å²) in [5.41, 5.74) is 0.396. The van der Waals surface area contributed by atoms with E-state index in [0.717, 1.165) is 32.3 Å². The van der Waals surface area contributed by atoms with Gasteiger partial charge in [0.05, 0.1) is 18.4 Å². The minimum atomic E-state index is -1.51. The number of hydrogen-bond acceptors (Lipinski definition) is 5. The predicted molar refractivity (Wildman–Crippen MR) is 70.2 cm³/mol. The van der Waals surface area contributed by atoms with Gasteiger partial charge in [0, 0.05) is 24.5 Å². The van der Waals surface area contributed by atoms with E-state index in [1.54, 1.807) is 12.3 Å². The third kappa shape index (κ3) is 2.75. The van der Waals surface area contributed by atoms with Gasteiger partial charge in [-0.3, -0.25) is 4.98 Å². The normalized spacial score (nSPS) is 24.8. The van der Waals surface area contributed by atoms with Crippen molar-refractivity contribution < 1.29 is 19.5 Å². The Labute approximate surface area is 112 Å². The minimum Gasteiger partial charge on any atom is -0.489 e. The molecule has 5 nitrogen and oxygen atoms in total. The third-order valence-electron chi connectivity index (χ3n) is 4.05. The summed E-state index contributed by atoms with van der Waals surface area (Å²) >= 11 is 0. The average Bonchev–Trinajstić information content (AvgIpc) is 2.37. The Morgan fingerprint density at radius 2 is 2.21 bits per heavy atom. The molecule has 1 aliphatic carbocycles. The van der Waals surface area contributed by atoms with Gasteiger partial charge in [-0.05, 0) is 25.3 Å². The second-order valence-electron chi connectivity index (χ2n) is 5.45. The molecule has 1 spiro atoms. The molecule has 1 aromatic heterocycles. The summed E-state index contributed by atoms with van der Waals surface area (Å²) in [5, 5.41) is 18.2. The zero-order valence-corrected chi connectivity index (χ0v) is 10.8. The molecule has 0 bridgehead atoms. The second kappa shape index (κ2) is 5.11. The summed E-state index contributed by atoms with van der Waals surface area (Å²) in [7, 11) is -1.51. The first-order valence-electron chi connectivity index (χ1n) is 6.79. The summed E-state index contributed by atoms with van der Waals surface area (Å²) in [6.45, 7) is 0.737. The quantitative estimate of drug-likeness (QED) is 0.764. The van der Waals surface area contributed by atoms with Crippen LogP contribution in [0.5, 0.6) is 5.75 Å². The van der Waals surface area contributed by atoms with E-state index in [4.69, 9.17) is 19.5 Å². The van der Waals surface area contributed by atoms with Gasteiger partial charge in [-0.2, -0.15) is 0 Å². The Hall–Kier alpha value is -1.11. The highest BCUT2D eigenvalue weighted by molar-refractivity contribution is 6.58. The van der Waals surface area contributed by atoms with Gasteiger partial charge in [-0.25, -0.2) is 0 Å². The van der Waals surface area contributed by atoms with Crippen molar-refractivity contribution in [3.63, 3.8) is 0 Å². The smallest absolute Gasteiger partial charge is 0.489 e. The molecule has 19 heavy (non-hydrogen) atoms. The zero-order valence-electron chi connectivity index (χ0n) is 10.8. The van der Waals surface area contributed by atoms with Crippen molar-refractivity contribution in [2.45, 2.75) is 43.8 Å². The van der Waals surface area contributed by atoms with Gasteiger partial charge in [0.2, 0.25) is 0 Å². The molecule has 1 aromatic rings. The molecule has 2 aliphatic rings. The molecule has 3 rings (SSSR count). The second-order valence-corrected chi connectivity index (χ2v) is 5.45. The lowest BCUT2D eigenvalue weighted by molar-refractivity contribution is -0.153. The van der Waals surface area contributed by atoms with Crippen molar-refractivity contribution in [1.29, 1.82) is 0 Å². The number of nitrogens with zero attached hydrogens (tertiary/aromatic N) is 1. The topological polar surface area (TPSA) is 71.8 Å². The van der Waals surface area contributed by atoms with Gasteiger partial charge < -0.3 is 19.5 Å². The zero-order chi connectivity index (χ0) is 13.3. The fraction of sp³-hybridized carbons (Fsp3) is 0.615. The van der Waals surface area contributed by atoms with E-state index in [1.165, 1.54) is 12.6 Å². The van der Waals surface area contributed by atoms with Gasteiger partial charge >= 0.3 is 7.12 Å². The summed E-state index contributed by atoms with van der Waals surface area (Å²) in [4.78, 5) is 3.97. The summed E-state index contributed by atoms with van der Waals surface area (Å²) < 4.78 is 11.8. The molecule has 2 fully saturated rings. The molecule has 102 valence electrons. The fourth-order valence-electron chi connectivity index (χ4n) is 2.84. The maximum Gasteiger partial charge on any atom is 0.490 e. The maximum absolute atomic E-state index is 9.12. The molecular weight excluding hydrogens is 245 g/mol. The highest BCUT2D eigenvalue weighted by Crippen LogP contribution is 2.43. The van der Waals surface area contributed by atoms with Crippen molar-refractivity contribution in [2.75, 3.05) is 6.61 Å². The Balaban J connectivity index is 1.65. The number of pyridine rings is 1. The molecule has 1 saturated carbocycles. The first-order chi connectivity index (χ1) is 9.17. The molecule has 0 aromatic carbocycles. The standard InChI is InChI=1S/C13H18BNO4/c16-14(17)10-6-12(9-15-8-10)19-11-2-5-18-13(7-11)3-1-4-13/h6,8-9,11,16-17H,1-5,7H2. The number of hydrogen-bond donors (Lipinski definition) is 2. The third-order valence-corrected chi connectivity index (χ3v) is 4.05. The molecule has 0 radical (unpaired) electrons. The van der Waals surface area contributed by atoms with E-state index < -0.39 is 7.12 Å². The van der Waals surface area contributed by atoms with Crippen molar-refractivity contribution in [2.24, 2.45) is 0 Å². The van der Waals surface area contributed by atoms with E-state index in [-0.39, 0.29) is 11.7 Å². The van der Waals surface area contributed by atoms with Gasteiger partial charge in [0.25, 0.3) is 0 Å². The highest BCUT2D eigenvalue weighted by atomic mass is 16.5. The van der Waals surface area contributed by atoms with Crippen LogP contribution < -0.4 is 10.2 Å². The van der Waals surface area contributed by atoms with Crippen molar-refractivity contribution in [1.82, 2.24) is 4.98 Å². The van der Waals surface area contributed by atoms with E-state index in [1.807, 2.05) is 0 Å². The van der Waals surface area contributed by atoms with E-state index in [9.17, 15) is 0 Å². The monoisotopic (exact) mass is 263 g/mol. The lowest BCUT2D eigenvalue weighted by Crippen LogP contribution is -2.48. The van der Waals surface area contributed by atoms with Crippen molar-refractivity contribution >= 4 is 12.6 Å². The molecule has 2 N–H and O–H groups in total. The first kappa shape index (κ1) is 12.9. The first-order valence-corrected chi connectivity index (χ1v) is 6.79. The van der Waals surface area contributed by atoms with Gasteiger partial charge in [-0.1, -0.05) is 0 Å². The van der Waals surface area contributed by atoms with Crippen molar-refractivity contribution in [3.8, 4) is 5.75 Å².